The maximum Gasteiger partial charge on any atom is 0.254 e. The molecule has 36 heavy (non-hydrogen) atoms. The Morgan fingerprint density at radius 2 is 1.81 bits per heavy atom. The number of fused-ring (bicyclic) bond motifs is 2. The summed E-state index contributed by atoms with van der Waals surface area (Å²) in [6.45, 7) is 4.58. The average molecular weight is 497 g/mol. The lowest BCUT2D eigenvalue weighted by Crippen LogP contribution is -2.44. The highest BCUT2D eigenvalue weighted by molar-refractivity contribution is 5.97. The third kappa shape index (κ3) is 5.33. The molecule has 0 aliphatic carbocycles. The molecule has 0 spiro atoms. The number of benzene rings is 2. The molecule has 194 valence electrons. The van der Waals surface area contributed by atoms with Crippen LogP contribution in [0.2, 0.25) is 0 Å². The van der Waals surface area contributed by atoms with Crippen LogP contribution in [0, 0.1) is 0 Å². The van der Waals surface area contributed by atoms with Gasteiger partial charge in [0.1, 0.15) is 5.75 Å². The Morgan fingerprint density at radius 3 is 2.67 bits per heavy atom. The molecule has 3 aliphatic heterocycles. The summed E-state index contributed by atoms with van der Waals surface area (Å²) in [7, 11) is 3.23. The zero-order chi connectivity index (χ0) is 24.9. The van der Waals surface area contributed by atoms with Crippen LogP contribution in [-0.4, -0.2) is 75.5 Å². The fraction of sp³-hybridized carbons (Fsp3) is 0.536. The molecule has 1 unspecified atom stereocenters. The number of amides is 1. The number of hydrogen-bond donors (Lipinski definition) is 0. The normalized spacial score (nSPS) is 19.2. The first-order chi connectivity index (χ1) is 17.7. The molecule has 0 N–H and O–H groups in total. The molecule has 8 nitrogen and oxygen atoms in total. The summed E-state index contributed by atoms with van der Waals surface area (Å²) in [6, 6.07) is 9.99. The summed E-state index contributed by atoms with van der Waals surface area (Å²) >= 11 is 0. The molecule has 0 aromatic heterocycles. The van der Waals surface area contributed by atoms with Crippen molar-refractivity contribution in [1.82, 2.24) is 9.80 Å². The minimum atomic E-state index is 0.0942. The molecule has 2 aromatic rings. The van der Waals surface area contributed by atoms with Crippen molar-refractivity contribution in [2.24, 2.45) is 0 Å². The topological polar surface area (TPSA) is 69.7 Å². The van der Waals surface area contributed by atoms with Crippen LogP contribution in [0.1, 0.15) is 48.0 Å². The number of carbonyl (C=O) groups is 1. The van der Waals surface area contributed by atoms with Crippen LogP contribution in [0.3, 0.4) is 0 Å². The van der Waals surface area contributed by atoms with Crippen molar-refractivity contribution in [3.63, 3.8) is 0 Å². The molecule has 0 radical (unpaired) electrons. The third-order valence-electron chi connectivity index (χ3n) is 7.46. The summed E-state index contributed by atoms with van der Waals surface area (Å²) in [5, 5.41) is 0. The van der Waals surface area contributed by atoms with Crippen LogP contribution >= 0.6 is 0 Å². The Bertz CT molecular complexity index is 1070. The van der Waals surface area contributed by atoms with Crippen molar-refractivity contribution in [1.29, 1.82) is 0 Å². The Morgan fingerprint density at radius 1 is 0.972 bits per heavy atom. The van der Waals surface area contributed by atoms with E-state index < -0.39 is 0 Å². The van der Waals surface area contributed by atoms with E-state index in [-0.39, 0.29) is 12.7 Å². The monoisotopic (exact) mass is 496 g/mol. The highest BCUT2D eigenvalue weighted by Gasteiger charge is 2.28. The Labute approximate surface area is 213 Å². The summed E-state index contributed by atoms with van der Waals surface area (Å²) in [4.78, 5) is 17.8. The molecule has 1 amide bonds. The zero-order valence-corrected chi connectivity index (χ0v) is 21.3. The number of rotatable bonds is 10. The van der Waals surface area contributed by atoms with Gasteiger partial charge in [0.25, 0.3) is 5.91 Å². The molecule has 1 saturated heterocycles. The van der Waals surface area contributed by atoms with Gasteiger partial charge in [0.2, 0.25) is 6.79 Å². The summed E-state index contributed by atoms with van der Waals surface area (Å²) in [5.41, 5.74) is 1.77. The second kappa shape index (κ2) is 11.3. The Hall–Kier alpha value is -3.13. The fourth-order valence-electron chi connectivity index (χ4n) is 5.48. The third-order valence-corrected chi connectivity index (χ3v) is 7.46. The van der Waals surface area contributed by atoms with Crippen LogP contribution < -0.4 is 23.7 Å². The fourth-order valence-corrected chi connectivity index (χ4v) is 5.48. The van der Waals surface area contributed by atoms with Gasteiger partial charge in [-0.25, -0.2) is 0 Å². The number of methoxy groups -OCH3 is 2. The Balaban J connectivity index is 1.11. The largest absolute Gasteiger partial charge is 0.493 e. The lowest BCUT2D eigenvalue weighted by molar-refractivity contribution is 0.0693. The molecule has 1 fully saturated rings. The zero-order valence-electron chi connectivity index (χ0n) is 21.3. The molecular formula is C28H36N2O6. The average Bonchev–Trinajstić information content (AvgIpc) is 3.39. The SMILES string of the molecule is COc1cc2c(cc1OC)C(=O)N(CCC1CCCCN1CCCOc1ccc3c(c1)OCO3)CC2. The van der Waals surface area contributed by atoms with Crippen molar-refractivity contribution in [2.75, 3.05) is 53.8 Å². The molecule has 3 aliphatic rings. The molecule has 0 saturated carbocycles. The molecule has 5 rings (SSSR count). The van der Waals surface area contributed by atoms with E-state index >= 15 is 0 Å². The first-order valence-electron chi connectivity index (χ1n) is 13.0. The number of nitrogens with zero attached hydrogens (tertiary/aromatic N) is 2. The van der Waals surface area contributed by atoms with Gasteiger partial charge in [-0.3, -0.25) is 4.79 Å². The van der Waals surface area contributed by atoms with Crippen LogP contribution in [0.5, 0.6) is 28.7 Å². The van der Waals surface area contributed by atoms with Gasteiger partial charge in [-0.15, -0.1) is 0 Å². The maximum absolute atomic E-state index is 13.2. The predicted molar refractivity (Wildman–Crippen MR) is 136 cm³/mol. The molecule has 8 heteroatoms. The number of ether oxygens (including phenoxy) is 5. The van der Waals surface area contributed by atoms with E-state index in [9.17, 15) is 4.79 Å². The van der Waals surface area contributed by atoms with Crippen molar-refractivity contribution < 1.29 is 28.5 Å². The van der Waals surface area contributed by atoms with Gasteiger partial charge in [-0.1, -0.05) is 6.42 Å². The van der Waals surface area contributed by atoms with Crippen LogP contribution in [0.25, 0.3) is 0 Å². The van der Waals surface area contributed by atoms with Crippen LogP contribution in [0.15, 0.2) is 30.3 Å². The molecule has 3 heterocycles. The smallest absolute Gasteiger partial charge is 0.254 e. The number of likely N-dealkylation sites (tertiary alicyclic amines) is 1. The highest BCUT2D eigenvalue weighted by Crippen LogP contribution is 2.35. The minimum Gasteiger partial charge on any atom is -0.493 e. The quantitative estimate of drug-likeness (QED) is 0.458. The van der Waals surface area contributed by atoms with Crippen LogP contribution in [0.4, 0.5) is 0 Å². The van der Waals surface area contributed by atoms with E-state index in [0.29, 0.717) is 24.1 Å². The van der Waals surface area contributed by atoms with Crippen molar-refractivity contribution in [2.45, 2.75) is 44.6 Å². The predicted octanol–water partition coefficient (Wildman–Crippen LogP) is 4.14. The van der Waals surface area contributed by atoms with E-state index in [2.05, 4.69) is 4.90 Å². The van der Waals surface area contributed by atoms with Gasteiger partial charge in [0.05, 0.1) is 20.8 Å². The van der Waals surface area contributed by atoms with Gasteiger partial charge in [-0.05, 0) is 68.5 Å². The maximum atomic E-state index is 13.2. The number of carbonyl (C=O) groups excluding carboxylic acids is 1. The van der Waals surface area contributed by atoms with Gasteiger partial charge < -0.3 is 33.5 Å². The van der Waals surface area contributed by atoms with E-state index in [1.165, 1.54) is 19.3 Å². The first kappa shape index (κ1) is 24.6. The summed E-state index contributed by atoms with van der Waals surface area (Å²) in [5.74, 6) is 3.71. The van der Waals surface area contributed by atoms with E-state index in [1.807, 2.05) is 35.2 Å². The van der Waals surface area contributed by atoms with Crippen molar-refractivity contribution >= 4 is 5.91 Å². The van der Waals surface area contributed by atoms with Gasteiger partial charge in [0, 0.05) is 37.3 Å². The van der Waals surface area contributed by atoms with E-state index in [1.54, 1.807) is 14.2 Å². The number of piperidine rings is 1. The van der Waals surface area contributed by atoms with Gasteiger partial charge in [-0.2, -0.15) is 0 Å². The Kier molecular flexibility index (Phi) is 7.70. The second-order valence-corrected chi connectivity index (χ2v) is 9.60. The number of hydrogen-bond acceptors (Lipinski definition) is 7. The molecule has 2 aromatic carbocycles. The molecule has 0 bridgehead atoms. The van der Waals surface area contributed by atoms with Crippen LogP contribution in [-0.2, 0) is 6.42 Å². The van der Waals surface area contributed by atoms with Crippen molar-refractivity contribution in [3.8, 4) is 28.7 Å². The van der Waals surface area contributed by atoms with E-state index in [0.717, 1.165) is 73.8 Å². The summed E-state index contributed by atoms with van der Waals surface area (Å²) < 4.78 is 27.6. The standard InChI is InChI=1S/C28H36N2O6/c1-32-25-16-20-9-13-30(28(31)23(20)18-26(25)33-2)14-10-21-6-3-4-11-29(21)12-5-15-34-22-7-8-24-27(17-22)36-19-35-24/h7-8,16-18,21H,3-6,9-15,19H2,1-2H3. The second-order valence-electron chi connectivity index (χ2n) is 9.60. The lowest BCUT2D eigenvalue weighted by Gasteiger charge is -2.37. The highest BCUT2D eigenvalue weighted by atomic mass is 16.7. The van der Waals surface area contributed by atoms with Gasteiger partial charge in [0.15, 0.2) is 23.0 Å². The minimum absolute atomic E-state index is 0.0942. The molecular weight excluding hydrogens is 460 g/mol. The lowest BCUT2D eigenvalue weighted by atomic mass is 9.96. The van der Waals surface area contributed by atoms with E-state index in [4.69, 9.17) is 23.7 Å². The first-order valence-corrected chi connectivity index (χ1v) is 13.0. The summed E-state index contributed by atoms with van der Waals surface area (Å²) in [6.07, 6.45) is 6.47. The van der Waals surface area contributed by atoms with Crippen molar-refractivity contribution in [3.05, 3.63) is 41.5 Å². The molecule has 1 atom stereocenters. The van der Waals surface area contributed by atoms with Gasteiger partial charge >= 0.3 is 0 Å².